The molecule has 180 valence electrons. The van der Waals surface area contributed by atoms with Gasteiger partial charge >= 0.3 is 0 Å². The highest BCUT2D eigenvalue weighted by Crippen LogP contribution is 2.38. The fourth-order valence-corrected chi connectivity index (χ4v) is 4.41. The number of allylic oxidation sites excluding steroid dienone is 1. The van der Waals surface area contributed by atoms with Crippen LogP contribution in [0.25, 0.3) is 38.4 Å². The standard InChI is InChI=1S/C31H27NO4/c1-4-35-29-18-30-26(27(19-36-30)22-12-14-23(34-3)15-13-22)17-25(29)20(2)16-31(33)32-28-11-7-9-21-8-5-6-10-24(21)28/h5-19H,4H2,1-3H3,(H,32,33)/b20-16+. The second-order valence-electron chi connectivity index (χ2n) is 8.50. The molecule has 4 aromatic carbocycles. The second kappa shape index (κ2) is 10.0. The maximum Gasteiger partial charge on any atom is 0.248 e. The lowest BCUT2D eigenvalue weighted by Gasteiger charge is -2.12. The smallest absolute Gasteiger partial charge is 0.248 e. The topological polar surface area (TPSA) is 60.7 Å². The van der Waals surface area contributed by atoms with Crippen LogP contribution in [0.1, 0.15) is 19.4 Å². The van der Waals surface area contributed by atoms with Gasteiger partial charge in [-0.15, -0.1) is 0 Å². The van der Waals surface area contributed by atoms with E-state index in [0.29, 0.717) is 12.4 Å². The largest absolute Gasteiger partial charge is 0.497 e. The number of methoxy groups -OCH3 is 1. The van der Waals surface area contributed by atoms with Crippen molar-refractivity contribution in [3.63, 3.8) is 0 Å². The van der Waals surface area contributed by atoms with Gasteiger partial charge in [-0.05, 0) is 54.6 Å². The van der Waals surface area contributed by atoms with Crippen molar-refractivity contribution in [2.45, 2.75) is 13.8 Å². The molecule has 0 radical (unpaired) electrons. The molecule has 0 aliphatic carbocycles. The van der Waals surface area contributed by atoms with Crippen LogP contribution in [0, 0.1) is 0 Å². The van der Waals surface area contributed by atoms with Crippen molar-refractivity contribution in [1.82, 2.24) is 0 Å². The molecule has 1 N–H and O–H groups in total. The van der Waals surface area contributed by atoms with Crippen LogP contribution in [0.2, 0.25) is 0 Å². The van der Waals surface area contributed by atoms with Gasteiger partial charge in [0.1, 0.15) is 17.1 Å². The van der Waals surface area contributed by atoms with Gasteiger partial charge in [-0.2, -0.15) is 0 Å². The van der Waals surface area contributed by atoms with Crippen LogP contribution in [-0.2, 0) is 4.79 Å². The first-order chi connectivity index (χ1) is 17.6. The van der Waals surface area contributed by atoms with Gasteiger partial charge in [-0.25, -0.2) is 0 Å². The van der Waals surface area contributed by atoms with Gasteiger partial charge in [-0.1, -0.05) is 48.5 Å². The minimum absolute atomic E-state index is 0.200. The third-order valence-corrected chi connectivity index (χ3v) is 6.20. The summed E-state index contributed by atoms with van der Waals surface area (Å²) in [5, 5.41) is 6.05. The molecule has 1 heterocycles. The molecule has 0 aliphatic rings. The summed E-state index contributed by atoms with van der Waals surface area (Å²) >= 11 is 0. The predicted molar refractivity (Wildman–Crippen MR) is 146 cm³/mol. The SMILES string of the molecule is CCOc1cc2occ(-c3ccc(OC)cc3)c2cc1/C(C)=C/C(=O)Nc1cccc2ccccc12. The van der Waals surface area contributed by atoms with Crippen LogP contribution in [-0.4, -0.2) is 19.6 Å². The lowest BCUT2D eigenvalue weighted by atomic mass is 9.99. The van der Waals surface area contributed by atoms with Gasteiger partial charge in [0, 0.05) is 39.7 Å². The molecule has 5 rings (SSSR count). The van der Waals surface area contributed by atoms with Gasteiger partial charge in [-0.3, -0.25) is 4.79 Å². The van der Waals surface area contributed by atoms with E-state index in [4.69, 9.17) is 13.9 Å². The Hall–Kier alpha value is -4.51. The van der Waals surface area contributed by atoms with Crippen molar-refractivity contribution in [2.75, 3.05) is 19.0 Å². The van der Waals surface area contributed by atoms with E-state index >= 15 is 0 Å². The summed E-state index contributed by atoms with van der Waals surface area (Å²) in [7, 11) is 1.65. The van der Waals surface area contributed by atoms with Crippen molar-refractivity contribution in [3.05, 3.63) is 96.8 Å². The van der Waals surface area contributed by atoms with Crippen molar-refractivity contribution < 1.29 is 18.7 Å². The lowest BCUT2D eigenvalue weighted by molar-refractivity contribution is -0.111. The zero-order chi connectivity index (χ0) is 25.1. The highest BCUT2D eigenvalue weighted by molar-refractivity contribution is 6.09. The van der Waals surface area contributed by atoms with E-state index < -0.39 is 0 Å². The average Bonchev–Trinajstić information content (AvgIpc) is 3.31. The Balaban J connectivity index is 1.51. The number of nitrogens with one attached hydrogen (secondary N) is 1. The Labute approximate surface area is 210 Å². The van der Waals surface area contributed by atoms with Crippen LogP contribution in [0.15, 0.2) is 95.6 Å². The van der Waals surface area contributed by atoms with Crippen LogP contribution >= 0.6 is 0 Å². The molecule has 5 aromatic rings. The van der Waals surface area contributed by atoms with Crippen LogP contribution in [0.4, 0.5) is 5.69 Å². The van der Waals surface area contributed by atoms with Gasteiger partial charge in [0.25, 0.3) is 0 Å². The second-order valence-corrected chi connectivity index (χ2v) is 8.50. The van der Waals surface area contributed by atoms with Crippen molar-refractivity contribution in [2.24, 2.45) is 0 Å². The molecule has 0 unspecified atom stereocenters. The molecule has 0 saturated carbocycles. The van der Waals surface area contributed by atoms with E-state index in [2.05, 4.69) is 5.32 Å². The summed E-state index contributed by atoms with van der Waals surface area (Å²) in [6.45, 7) is 4.35. The van der Waals surface area contributed by atoms with E-state index in [1.165, 1.54) is 0 Å². The minimum atomic E-state index is -0.200. The third kappa shape index (κ3) is 4.56. The number of amides is 1. The summed E-state index contributed by atoms with van der Waals surface area (Å²) in [4.78, 5) is 13.0. The lowest BCUT2D eigenvalue weighted by Crippen LogP contribution is -2.09. The fraction of sp³-hybridized carbons (Fsp3) is 0.129. The molecule has 0 spiro atoms. The number of carbonyl (C=O) groups excluding carboxylic acids is 1. The van der Waals surface area contributed by atoms with Crippen LogP contribution in [0.5, 0.6) is 11.5 Å². The number of fused-ring (bicyclic) bond motifs is 2. The number of anilines is 1. The summed E-state index contributed by atoms with van der Waals surface area (Å²) in [5.74, 6) is 1.27. The van der Waals surface area contributed by atoms with Crippen molar-refractivity contribution >= 4 is 38.9 Å². The molecule has 1 aromatic heterocycles. The van der Waals surface area contributed by atoms with E-state index in [0.717, 1.165) is 55.4 Å². The Morgan fingerprint density at radius 2 is 1.75 bits per heavy atom. The third-order valence-electron chi connectivity index (χ3n) is 6.20. The molecular formula is C31H27NO4. The Bertz CT molecular complexity index is 1570. The number of benzene rings is 4. The molecule has 0 fully saturated rings. The van der Waals surface area contributed by atoms with E-state index in [-0.39, 0.29) is 5.91 Å². The zero-order valence-corrected chi connectivity index (χ0v) is 20.5. The molecule has 36 heavy (non-hydrogen) atoms. The Morgan fingerprint density at radius 1 is 0.972 bits per heavy atom. The van der Waals surface area contributed by atoms with Gasteiger partial charge < -0.3 is 19.2 Å². The van der Waals surface area contributed by atoms with Crippen molar-refractivity contribution in [3.8, 4) is 22.6 Å². The molecular weight excluding hydrogens is 450 g/mol. The molecule has 0 atom stereocenters. The summed E-state index contributed by atoms with van der Waals surface area (Å²) in [6.07, 6.45) is 3.36. The molecule has 0 saturated heterocycles. The molecule has 0 bridgehead atoms. The average molecular weight is 478 g/mol. The summed E-state index contributed by atoms with van der Waals surface area (Å²) in [5.41, 5.74) is 5.11. The van der Waals surface area contributed by atoms with E-state index in [9.17, 15) is 4.79 Å². The monoisotopic (exact) mass is 477 g/mol. The number of carbonyl (C=O) groups is 1. The quantitative estimate of drug-likeness (QED) is 0.244. The van der Waals surface area contributed by atoms with Gasteiger partial charge in [0.2, 0.25) is 5.91 Å². The molecule has 5 nitrogen and oxygen atoms in total. The highest BCUT2D eigenvalue weighted by Gasteiger charge is 2.16. The maximum atomic E-state index is 13.0. The highest BCUT2D eigenvalue weighted by atomic mass is 16.5. The number of ether oxygens (including phenoxy) is 2. The number of hydrogen-bond acceptors (Lipinski definition) is 4. The van der Waals surface area contributed by atoms with Gasteiger partial charge in [0.15, 0.2) is 0 Å². The zero-order valence-electron chi connectivity index (χ0n) is 20.5. The molecule has 1 amide bonds. The first kappa shape index (κ1) is 23.2. The van der Waals surface area contributed by atoms with E-state index in [1.54, 1.807) is 19.4 Å². The first-order valence-corrected chi connectivity index (χ1v) is 11.9. The Kier molecular flexibility index (Phi) is 6.46. The van der Waals surface area contributed by atoms with Gasteiger partial charge in [0.05, 0.1) is 20.0 Å². The first-order valence-electron chi connectivity index (χ1n) is 11.9. The van der Waals surface area contributed by atoms with Crippen LogP contribution in [0.3, 0.4) is 0 Å². The molecule has 0 aliphatic heterocycles. The Morgan fingerprint density at radius 3 is 2.53 bits per heavy atom. The number of furan rings is 1. The number of rotatable bonds is 7. The van der Waals surface area contributed by atoms with Crippen molar-refractivity contribution in [1.29, 1.82) is 0 Å². The maximum absolute atomic E-state index is 13.0. The number of hydrogen-bond donors (Lipinski definition) is 1. The predicted octanol–water partition coefficient (Wildman–Crippen LogP) is 7.70. The fourth-order valence-electron chi connectivity index (χ4n) is 4.41. The van der Waals surface area contributed by atoms with E-state index in [1.807, 2.05) is 92.7 Å². The van der Waals surface area contributed by atoms with Crippen LogP contribution < -0.4 is 14.8 Å². The summed E-state index contributed by atoms with van der Waals surface area (Å²) < 4.78 is 17.1. The summed E-state index contributed by atoms with van der Waals surface area (Å²) in [6, 6.07) is 25.6. The minimum Gasteiger partial charge on any atom is -0.497 e. The molecule has 5 heteroatoms. The normalized spacial score (nSPS) is 11.6.